The molecule has 2 nitrogen and oxygen atoms in total. The SMILES string of the molecule is C=C(C)N=N/C(=C\CC)C(C)C. The number of hydrogen-bond acceptors (Lipinski definition) is 2. The van der Waals surface area contributed by atoms with Gasteiger partial charge in [0.25, 0.3) is 0 Å². The molecule has 0 amide bonds. The molecule has 0 N–H and O–H groups in total. The summed E-state index contributed by atoms with van der Waals surface area (Å²) in [6.45, 7) is 11.8. The molecule has 0 unspecified atom stereocenters. The van der Waals surface area contributed by atoms with E-state index in [9.17, 15) is 0 Å². The Bertz CT molecular complexity index is 200. The van der Waals surface area contributed by atoms with Gasteiger partial charge in [-0.05, 0) is 19.3 Å². The molecule has 0 rings (SSSR count). The van der Waals surface area contributed by atoms with E-state index in [1.807, 2.05) is 6.92 Å². The molecule has 0 aromatic rings. The minimum atomic E-state index is 0.438. The summed E-state index contributed by atoms with van der Waals surface area (Å²) in [6.07, 6.45) is 3.10. The van der Waals surface area contributed by atoms with Crippen molar-refractivity contribution >= 4 is 0 Å². The standard InChI is InChI=1S/C10H18N2/c1-6-7-10(8(2)3)12-11-9(4)5/h7-8H,4,6H2,1-3,5H3/b10-7-,12-11?. The van der Waals surface area contributed by atoms with Gasteiger partial charge < -0.3 is 0 Å². The quantitative estimate of drug-likeness (QED) is 0.565. The first-order valence-electron chi connectivity index (χ1n) is 4.35. The first kappa shape index (κ1) is 11.1. The Morgan fingerprint density at radius 3 is 2.33 bits per heavy atom. The van der Waals surface area contributed by atoms with Gasteiger partial charge in [-0.25, -0.2) is 0 Å². The maximum Gasteiger partial charge on any atom is 0.0616 e. The van der Waals surface area contributed by atoms with Crippen LogP contribution in [-0.2, 0) is 0 Å². The molecule has 0 atom stereocenters. The minimum absolute atomic E-state index is 0.438. The molecule has 0 bridgehead atoms. The average Bonchev–Trinajstić information content (AvgIpc) is 1.96. The average molecular weight is 166 g/mol. The molecule has 0 saturated carbocycles. The fourth-order valence-corrected chi connectivity index (χ4v) is 0.744. The van der Waals surface area contributed by atoms with Crippen molar-refractivity contribution in [2.45, 2.75) is 34.1 Å². The van der Waals surface area contributed by atoms with Crippen molar-refractivity contribution in [1.29, 1.82) is 0 Å². The van der Waals surface area contributed by atoms with E-state index >= 15 is 0 Å². The summed E-state index contributed by atoms with van der Waals surface area (Å²) in [5.74, 6) is 0.438. The fraction of sp³-hybridized carbons (Fsp3) is 0.600. The maximum atomic E-state index is 4.10. The molecule has 0 aliphatic carbocycles. The third-order valence-electron chi connectivity index (χ3n) is 1.34. The summed E-state index contributed by atoms with van der Waals surface area (Å²) in [5.41, 5.74) is 1.79. The summed E-state index contributed by atoms with van der Waals surface area (Å²) in [7, 11) is 0. The third kappa shape index (κ3) is 4.83. The summed E-state index contributed by atoms with van der Waals surface area (Å²) in [4.78, 5) is 0. The van der Waals surface area contributed by atoms with Crippen LogP contribution in [-0.4, -0.2) is 0 Å². The van der Waals surface area contributed by atoms with E-state index in [1.165, 1.54) is 0 Å². The molecule has 2 heteroatoms. The number of azo groups is 1. The second-order valence-corrected chi connectivity index (χ2v) is 3.13. The molecule has 0 fully saturated rings. The van der Waals surface area contributed by atoms with Crippen molar-refractivity contribution in [3.8, 4) is 0 Å². The van der Waals surface area contributed by atoms with Crippen LogP contribution < -0.4 is 0 Å². The van der Waals surface area contributed by atoms with E-state index in [1.54, 1.807) is 0 Å². The molecule has 0 aromatic carbocycles. The first-order valence-corrected chi connectivity index (χ1v) is 4.35. The monoisotopic (exact) mass is 166 g/mol. The lowest BCUT2D eigenvalue weighted by molar-refractivity contribution is 0.732. The van der Waals surface area contributed by atoms with Crippen molar-refractivity contribution < 1.29 is 0 Å². The number of nitrogens with zero attached hydrogens (tertiary/aromatic N) is 2. The Morgan fingerprint density at radius 1 is 1.42 bits per heavy atom. The molecular formula is C10H18N2. The van der Waals surface area contributed by atoms with Gasteiger partial charge in [0.15, 0.2) is 0 Å². The van der Waals surface area contributed by atoms with Crippen molar-refractivity contribution in [3.05, 3.63) is 24.0 Å². The van der Waals surface area contributed by atoms with E-state index in [0.29, 0.717) is 5.92 Å². The van der Waals surface area contributed by atoms with Crippen LogP contribution in [0, 0.1) is 5.92 Å². The predicted molar refractivity (Wildman–Crippen MR) is 52.9 cm³/mol. The molecule has 0 saturated heterocycles. The van der Waals surface area contributed by atoms with Crippen molar-refractivity contribution in [2.24, 2.45) is 16.1 Å². The van der Waals surface area contributed by atoms with Crippen LogP contribution in [0.1, 0.15) is 34.1 Å². The van der Waals surface area contributed by atoms with Gasteiger partial charge in [-0.1, -0.05) is 33.4 Å². The molecule has 0 heterocycles. The molecule has 0 radical (unpaired) electrons. The minimum Gasteiger partial charge on any atom is -0.156 e. The highest BCUT2D eigenvalue weighted by Gasteiger charge is 1.99. The third-order valence-corrected chi connectivity index (χ3v) is 1.34. The highest BCUT2D eigenvalue weighted by atomic mass is 15.1. The van der Waals surface area contributed by atoms with Gasteiger partial charge in [0.05, 0.1) is 11.4 Å². The summed E-state index contributed by atoms with van der Waals surface area (Å²) in [6, 6.07) is 0. The summed E-state index contributed by atoms with van der Waals surface area (Å²) < 4.78 is 0. The number of allylic oxidation sites excluding steroid dienone is 3. The van der Waals surface area contributed by atoms with E-state index in [0.717, 1.165) is 17.8 Å². The molecule has 0 aliphatic rings. The topological polar surface area (TPSA) is 24.7 Å². The van der Waals surface area contributed by atoms with Crippen LogP contribution >= 0.6 is 0 Å². The Kier molecular flexibility index (Phi) is 5.26. The fourth-order valence-electron chi connectivity index (χ4n) is 0.744. The van der Waals surface area contributed by atoms with Gasteiger partial charge in [0, 0.05) is 0 Å². The Hall–Kier alpha value is -0.920. The Morgan fingerprint density at radius 2 is 2.00 bits per heavy atom. The predicted octanol–water partition coefficient (Wildman–Crippen LogP) is 3.92. The van der Waals surface area contributed by atoms with Crippen LogP contribution in [0.25, 0.3) is 0 Å². The van der Waals surface area contributed by atoms with Gasteiger partial charge in [-0.15, -0.1) is 0 Å². The zero-order valence-corrected chi connectivity index (χ0v) is 8.46. The summed E-state index contributed by atoms with van der Waals surface area (Å²) in [5, 5.41) is 8.03. The van der Waals surface area contributed by atoms with E-state index in [-0.39, 0.29) is 0 Å². The number of hydrogen-bond donors (Lipinski definition) is 0. The molecular weight excluding hydrogens is 148 g/mol. The van der Waals surface area contributed by atoms with Gasteiger partial charge in [-0.3, -0.25) is 0 Å². The Labute approximate surface area is 75.1 Å². The van der Waals surface area contributed by atoms with Crippen LogP contribution in [0.2, 0.25) is 0 Å². The second-order valence-electron chi connectivity index (χ2n) is 3.13. The molecule has 0 spiro atoms. The Balaban J connectivity index is 4.34. The van der Waals surface area contributed by atoms with Crippen LogP contribution in [0.15, 0.2) is 34.3 Å². The van der Waals surface area contributed by atoms with Crippen LogP contribution in [0.5, 0.6) is 0 Å². The maximum absolute atomic E-state index is 4.10. The lowest BCUT2D eigenvalue weighted by atomic mass is 10.1. The molecule has 0 aromatic heterocycles. The van der Waals surface area contributed by atoms with Crippen molar-refractivity contribution in [1.82, 2.24) is 0 Å². The molecule has 12 heavy (non-hydrogen) atoms. The van der Waals surface area contributed by atoms with E-state index < -0.39 is 0 Å². The van der Waals surface area contributed by atoms with Gasteiger partial charge in [0.1, 0.15) is 0 Å². The van der Waals surface area contributed by atoms with Crippen LogP contribution in [0.4, 0.5) is 0 Å². The summed E-state index contributed by atoms with van der Waals surface area (Å²) >= 11 is 0. The van der Waals surface area contributed by atoms with Gasteiger partial charge in [-0.2, -0.15) is 10.2 Å². The lowest BCUT2D eigenvalue weighted by Crippen LogP contribution is -1.89. The van der Waals surface area contributed by atoms with Crippen molar-refractivity contribution in [3.63, 3.8) is 0 Å². The highest BCUT2D eigenvalue weighted by Crippen LogP contribution is 2.13. The molecule has 0 aliphatic heterocycles. The largest absolute Gasteiger partial charge is 0.156 e. The van der Waals surface area contributed by atoms with Gasteiger partial charge >= 0.3 is 0 Å². The zero-order chi connectivity index (χ0) is 9.56. The lowest BCUT2D eigenvalue weighted by Gasteiger charge is -2.02. The first-order chi connectivity index (χ1) is 5.57. The van der Waals surface area contributed by atoms with Crippen molar-refractivity contribution in [2.75, 3.05) is 0 Å². The smallest absolute Gasteiger partial charge is 0.0616 e. The van der Waals surface area contributed by atoms with Gasteiger partial charge in [0.2, 0.25) is 0 Å². The van der Waals surface area contributed by atoms with Crippen LogP contribution in [0.3, 0.4) is 0 Å². The molecule has 68 valence electrons. The number of rotatable bonds is 4. The normalized spacial score (nSPS) is 12.9. The van der Waals surface area contributed by atoms with E-state index in [4.69, 9.17) is 0 Å². The highest BCUT2D eigenvalue weighted by molar-refractivity contribution is 5.02. The zero-order valence-electron chi connectivity index (χ0n) is 8.46. The van der Waals surface area contributed by atoms with E-state index in [2.05, 4.69) is 43.7 Å². The second kappa shape index (κ2) is 5.70.